The van der Waals surface area contributed by atoms with Crippen LogP contribution in [-0.4, -0.2) is 34.1 Å². The quantitative estimate of drug-likeness (QED) is 0.819. The normalized spacial score (nSPS) is 21.6. The monoisotopic (exact) mass is 292 g/mol. The molecular formula is C16H24N2OS. The Morgan fingerprint density at radius 1 is 1.40 bits per heavy atom. The lowest BCUT2D eigenvalue weighted by atomic mass is 9.98. The minimum Gasteiger partial charge on any atom is -0.389 e. The van der Waals surface area contributed by atoms with Crippen molar-refractivity contribution in [2.75, 3.05) is 13.1 Å². The lowest BCUT2D eigenvalue weighted by Gasteiger charge is -2.36. The number of likely N-dealkylation sites (tertiary alicyclic amines) is 1. The van der Waals surface area contributed by atoms with E-state index in [-0.39, 0.29) is 0 Å². The lowest BCUT2D eigenvalue weighted by Crippen LogP contribution is -2.41. The standard InChI is InChI=1S/C16H24N2OS/c1-2-14-5-3-4-10-18(14)11-15(19)12-6-8-13(9-7-12)16(17)20/h6-9,14-15,19H,2-5,10-11H2,1H3,(H2,17,20). The molecule has 1 aromatic carbocycles. The second kappa shape index (κ2) is 7.16. The number of β-amino-alcohol motifs (C(OH)–C–C–N with tert-alkyl or cyclic N) is 1. The number of piperidine rings is 1. The smallest absolute Gasteiger partial charge is 0.103 e. The van der Waals surface area contributed by atoms with E-state index in [1.54, 1.807) is 0 Å². The van der Waals surface area contributed by atoms with Crippen LogP contribution in [0.5, 0.6) is 0 Å². The van der Waals surface area contributed by atoms with Gasteiger partial charge in [-0.1, -0.05) is 49.8 Å². The van der Waals surface area contributed by atoms with Gasteiger partial charge in [-0.2, -0.15) is 0 Å². The third-order valence-corrected chi connectivity index (χ3v) is 4.44. The summed E-state index contributed by atoms with van der Waals surface area (Å²) in [6, 6.07) is 8.23. The highest BCUT2D eigenvalue weighted by atomic mass is 32.1. The first-order valence-electron chi connectivity index (χ1n) is 7.43. The van der Waals surface area contributed by atoms with E-state index in [4.69, 9.17) is 18.0 Å². The van der Waals surface area contributed by atoms with E-state index in [9.17, 15) is 5.11 Å². The Morgan fingerprint density at radius 2 is 2.10 bits per heavy atom. The van der Waals surface area contributed by atoms with Crippen LogP contribution in [0.1, 0.15) is 49.8 Å². The summed E-state index contributed by atoms with van der Waals surface area (Å²) in [7, 11) is 0. The molecule has 1 aromatic rings. The van der Waals surface area contributed by atoms with Crippen LogP contribution in [0, 0.1) is 0 Å². The lowest BCUT2D eigenvalue weighted by molar-refractivity contribution is 0.0656. The first-order valence-corrected chi connectivity index (χ1v) is 7.84. The van der Waals surface area contributed by atoms with E-state index >= 15 is 0 Å². The number of hydrogen-bond acceptors (Lipinski definition) is 3. The Balaban J connectivity index is 1.99. The molecule has 0 aromatic heterocycles. The molecule has 0 aliphatic carbocycles. The molecule has 2 unspecified atom stereocenters. The third kappa shape index (κ3) is 3.78. The summed E-state index contributed by atoms with van der Waals surface area (Å²) < 4.78 is 0. The van der Waals surface area contributed by atoms with Gasteiger partial charge in [-0.15, -0.1) is 0 Å². The summed E-state index contributed by atoms with van der Waals surface area (Å²) in [5.41, 5.74) is 7.37. The molecule has 1 fully saturated rings. The highest BCUT2D eigenvalue weighted by Gasteiger charge is 2.23. The molecule has 0 radical (unpaired) electrons. The van der Waals surface area contributed by atoms with Crippen molar-refractivity contribution in [3.63, 3.8) is 0 Å². The van der Waals surface area contributed by atoms with Crippen LogP contribution in [0.3, 0.4) is 0 Å². The number of hydrogen-bond donors (Lipinski definition) is 2. The van der Waals surface area contributed by atoms with Crippen molar-refractivity contribution in [2.24, 2.45) is 5.73 Å². The topological polar surface area (TPSA) is 49.5 Å². The fraction of sp³-hybridized carbons (Fsp3) is 0.562. The Labute approximate surface area is 126 Å². The average molecular weight is 292 g/mol. The van der Waals surface area contributed by atoms with Crippen molar-refractivity contribution in [1.82, 2.24) is 4.90 Å². The minimum atomic E-state index is -0.442. The Bertz CT molecular complexity index is 446. The van der Waals surface area contributed by atoms with Crippen LogP contribution in [0.2, 0.25) is 0 Å². The molecule has 110 valence electrons. The molecule has 4 heteroatoms. The fourth-order valence-electron chi connectivity index (χ4n) is 2.96. The molecular weight excluding hydrogens is 268 g/mol. The predicted molar refractivity (Wildman–Crippen MR) is 86.8 cm³/mol. The van der Waals surface area contributed by atoms with Crippen LogP contribution in [0.4, 0.5) is 0 Å². The molecule has 1 aliphatic rings. The number of rotatable bonds is 5. The van der Waals surface area contributed by atoms with Gasteiger partial charge >= 0.3 is 0 Å². The van der Waals surface area contributed by atoms with Crippen LogP contribution in [0.25, 0.3) is 0 Å². The molecule has 1 heterocycles. The van der Waals surface area contributed by atoms with Gasteiger partial charge < -0.3 is 10.8 Å². The fourth-order valence-corrected chi connectivity index (χ4v) is 3.10. The Hall–Kier alpha value is -0.970. The number of thiocarbonyl (C=S) groups is 1. The van der Waals surface area contributed by atoms with E-state index in [0.717, 1.165) is 24.1 Å². The maximum atomic E-state index is 10.4. The van der Waals surface area contributed by atoms with Gasteiger partial charge in [0.1, 0.15) is 4.99 Å². The van der Waals surface area contributed by atoms with Gasteiger partial charge in [-0.3, -0.25) is 4.90 Å². The van der Waals surface area contributed by atoms with Gasteiger partial charge in [0.05, 0.1) is 6.10 Å². The van der Waals surface area contributed by atoms with Crippen LogP contribution in [0.15, 0.2) is 24.3 Å². The average Bonchev–Trinajstić information content (AvgIpc) is 2.48. The summed E-state index contributed by atoms with van der Waals surface area (Å²) in [4.78, 5) is 2.82. The molecule has 1 saturated heterocycles. The summed E-state index contributed by atoms with van der Waals surface area (Å²) in [5, 5.41) is 10.4. The highest BCUT2D eigenvalue weighted by molar-refractivity contribution is 7.80. The zero-order valence-electron chi connectivity index (χ0n) is 12.1. The summed E-state index contributed by atoms with van der Waals surface area (Å²) in [5.74, 6) is 0. The molecule has 3 N–H and O–H groups in total. The molecule has 0 bridgehead atoms. The number of benzene rings is 1. The Kier molecular flexibility index (Phi) is 5.52. The van der Waals surface area contributed by atoms with E-state index in [1.807, 2.05) is 24.3 Å². The molecule has 3 nitrogen and oxygen atoms in total. The SMILES string of the molecule is CCC1CCCCN1CC(O)c1ccc(C(N)=S)cc1. The molecule has 2 atom stereocenters. The van der Waals surface area contributed by atoms with Crippen LogP contribution in [-0.2, 0) is 0 Å². The largest absolute Gasteiger partial charge is 0.389 e. The van der Waals surface area contributed by atoms with Gasteiger partial charge in [0, 0.05) is 18.2 Å². The second-order valence-corrected chi connectivity index (χ2v) is 5.99. The number of aliphatic hydroxyl groups excluding tert-OH is 1. The Morgan fingerprint density at radius 3 is 2.70 bits per heavy atom. The summed E-state index contributed by atoms with van der Waals surface area (Å²) in [6.45, 7) is 4.04. The van der Waals surface area contributed by atoms with Crippen molar-refractivity contribution < 1.29 is 5.11 Å². The van der Waals surface area contributed by atoms with Crippen molar-refractivity contribution in [3.05, 3.63) is 35.4 Å². The highest BCUT2D eigenvalue weighted by Crippen LogP contribution is 2.23. The molecule has 2 rings (SSSR count). The zero-order valence-corrected chi connectivity index (χ0v) is 12.9. The van der Waals surface area contributed by atoms with Crippen LogP contribution < -0.4 is 5.73 Å². The van der Waals surface area contributed by atoms with Gasteiger partial charge in [0.2, 0.25) is 0 Å². The molecule has 0 amide bonds. The van der Waals surface area contributed by atoms with Crippen LogP contribution >= 0.6 is 12.2 Å². The molecule has 20 heavy (non-hydrogen) atoms. The van der Waals surface area contributed by atoms with Gasteiger partial charge in [-0.05, 0) is 31.4 Å². The van der Waals surface area contributed by atoms with Gasteiger partial charge in [0.15, 0.2) is 0 Å². The second-order valence-electron chi connectivity index (χ2n) is 5.55. The van der Waals surface area contributed by atoms with E-state index < -0.39 is 6.10 Å². The maximum absolute atomic E-state index is 10.4. The molecule has 1 aliphatic heterocycles. The first-order chi connectivity index (χ1) is 9.61. The van der Waals surface area contributed by atoms with Crippen molar-refractivity contribution in [1.29, 1.82) is 0 Å². The van der Waals surface area contributed by atoms with E-state index in [0.29, 0.717) is 17.6 Å². The third-order valence-electron chi connectivity index (χ3n) is 4.21. The number of nitrogens with two attached hydrogens (primary N) is 1. The molecule has 0 spiro atoms. The summed E-state index contributed by atoms with van der Waals surface area (Å²) >= 11 is 4.94. The van der Waals surface area contributed by atoms with Crippen molar-refractivity contribution >= 4 is 17.2 Å². The number of aliphatic hydroxyl groups is 1. The maximum Gasteiger partial charge on any atom is 0.103 e. The van der Waals surface area contributed by atoms with Crippen molar-refractivity contribution in [2.45, 2.75) is 44.8 Å². The zero-order chi connectivity index (χ0) is 14.5. The molecule has 0 saturated carbocycles. The van der Waals surface area contributed by atoms with E-state index in [2.05, 4.69) is 11.8 Å². The van der Waals surface area contributed by atoms with Gasteiger partial charge in [0.25, 0.3) is 0 Å². The van der Waals surface area contributed by atoms with E-state index in [1.165, 1.54) is 19.3 Å². The number of nitrogens with zero attached hydrogens (tertiary/aromatic N) is 1. The van der Waals surface area contributed by atoms with Gasteiger partial charge in [-0.25, -0.2) is 0 Å². The van der Waals surface area contributed by atoms with Crippen molar-refractivity contribution in [3.8, 4) is 0 Å². The predicted octanol–water partition coefficient (Wildman–Crippen LogP) is 2.62. The first kappa shape index (κ1) is 15.4. The minimum absolute atomic E-state index is 0.396. The summed E-state index contributed by atoms with van der Waals surface area (Å²) in [6.07, 6.45) is 4.52.